The van der Waals surface area contributed by atoms with Gasteiger partial charge in [-0.15, -0.1) is 0 Å². The molecule has 116 valence electrons. The first kappa shape index (κ1) is 15.8. The molecule has 0 spiro atoms. The third-order valence-electron chi connectivity index (χ3n) is 4.72. The predicted molar refractivity (Wildman–Crippen MR) is 83.3 cm³/mol. The number of nitrogens with zero attached hydrogens (tertiary/aromatic N) is 1. The Morgan fingerprint density at radius 1 is 1.25 bits per heavy atom. The highest BCUT2D eigenvalue weighted by molar-refractivity contribution is 5.84. The number of nitrogens with one attached hydrogen (secondary N) is 1. The van der Waals surface area contributed by atoms with Crippen molar-refractivity contribution in [2.24, 2.45) is 11.8 Å². The summed E-state index contributed by atoms with van der Waals surface area (Å²) in [5, 5.41) is 3.61. The Balaban J connectivity index is 2.06. The van der Waals surface area contributed by atoms with Crippen molar-refractivity contribution < 1.29 is 4.79 Å². The molecule has 0 bridgehead atoms. The van der Waals surface area contributed by atoms with E-state index in [1.54, 1.807) is 0 Å². The molecule has 3 nitrogen and oxygen atoms in total. The molecule has 3 unspecified atom stereocenters. The first-order chi connectivity index (χ1) is 9.56. The SMILES string of the molecule is CCCC1NC(CC(C)C)C(=O)N1C(CC)CC1CC1. The molecular weight excluding hydrogens is 248 g/mol. The van der Waals surface area contributed by atoms with Crippen molar-refractivity contribution in [2.45, 2.75) is 90.9 Å². The van der Waals surface area contributed by atoms with E-state index in [0.717, 1.165) is 31.6 Å². The molecule has 2 fully saturated rings. The van der Waals surface area contributed by atoms with Gasteiger partial charge in [-0.1, -0.05) is 47.0 Å². The minimum Gasteiger partial charge on any atom is -0.323 e. The van der Waals surface area contributed by atoms with E-state index in [9.17, 15) is 4.79 Å². The topological polar surface area (TPSA) is 32.3 Å². The molecule has 2 aliphatic rings. The van der Waals surface area contributed by atoms with E-state index in [0.29, 0.717) is 17.9 Å². The van der Waals surface area contributed by atoms with E-state index in [1.165, 1.54) is 19.3 Å². The van der Waals surface area contributed by atoms with Crippen LogP contribution < -0.4 is 5.32 Å². The second-order valence-corrected chi connectivity index (χ2v) is 7.14. The van der Waals surface area contributed by atoms with E-state index in [4.69, 9.17) is 0 Å². The normalized spacial score (nSPS) is 28.4. The van der Waals surface area contributed by atoms with Gasteiger partial charge in [0.2, 0.25) is 5.91 Å². The van der Waals surface area contributed by atoms with Gasteiger partial charge >= 0.3 is 0 Å². The van der Waals surface area contributed by atoms with Gasteiger partial charge in [0.25, 0.3) is 0 Å². The summed E-state index contributed by atoms with van der Waals surface area (Å²) < 4.78 is 0. The summed E-state index contributed by atoms with van der Waals surface area (Å²) in [5.41, 5.74) is 0. The van der Waals surface area contributed by atoms with Crippen molar-refractivity contribution in [3.8, 4) is 0 Å². The van der Waals surface area contributed by atoms with Crippen LogP contribution in [0.3, 0.4) is 0 Å². The molecule has 1 amide bonds. The lowest BCUT2D eigenvalue weighted by Crippen LogP contribution is -2.44. The first-order valence-electron chi connectivity index (χ1n) is 8.65. The Morgan fingerprint density at radius 2 is 1.95 bits per heavy atom. The lowest BCUT2D eigenvalue weighted by molar-refractivity contribution is -0.133. The van der Waals surface area contributed by atoms with Gasteiger partial charge in [-0.3, -0.25) is 10.1 Å². The molecule has 1 saturated carbocycles. The van der Waals surface area contributed by atoms with Gasteiger partial charge in [-0.25, -0.2) is 0 Å². The number of amides is 1. The first-order valence-corrected chi connectivity index (χ1v) is 8.65. The number of carbonyl (C=O) groups is 1. The van der Waals surface area contributed by atoms with Crippen LogP contribution in [0.15, 0.2) is 0 Å². The molecule has 20 heavy (non-hydrogen) atoms. The van der Waals surface area contributed by atoms with Gasteiger partial charge in [-0.05, 0) is 37.5 Å². The molecule has 0 aromatic carbocycles. The van der Waals surface area contributed by atoms with Crippen molar-refractivity contribution in [3.63, 3.8) is 0 Å². The van der Waals surface area contributed by atoms with E-state index in [-0.39, 0.29) is 12.2 Å². The Hall–Kier alpha value is -0.570. The van der Waals surface area contributed by atoms with Gasteiger partial charge in [0.1, 0.15) is 0 Å². The highest BCUT2D eigenvalue weighted by atomic mass is 16.2. The average molecular weight is 280 g/mol. The highest BCUT2D eigenvalue weighted by Gasteiger charge is 2.42. The van der Waals surface area contributed by atoms with Crippen LogP contribution in [0.1, 0.15) is 72.6 Å². The van der Waals surface area contributed by atoms with Crippen molar-refractivity contribution in [1.82, 2.24) is 10.2 Å². The molecule has 2 rings (SSSR count). The Morgan fingerprint density at radius 3 is 2.45 bits per heavy atom. The summed E-state index contributed by atoms with van der Waals surface area (Å²) >= 11 is 0. The van der Waals surface area contributed by atoms with E-state index >= 15 is 0 Å². The van der Waals surface area contributed by atoms with Crippen molar-refractivity contribution in [2.75, 3.05) is 0 Å². The van der Waals surface area contributed by atoms with E-state index in [1.807, 2.05) is 0 Å². The van der Waals surface area contributed by atoms with Crippen LogP contribution >= 0.6 is 0 Å². The monoisotopic (exact) mass is 280 g/mol. The highest BCUT2D eigenvalue weighted by Crippen LogP contribution is 2.37. The van der Waals surface area contributed by atoms with Crippen LogP contribution in [0.4, 0.5) is 0 Å². The molecule has 3 atom stereocenters. The summed E-state index contributed by atoms with van der Waals surface area (Å²) in [6.45, 7) is 8.85. The summed E-state index contributed by atoms with van der Waals surface area (Å²) in [7, 11) is 0. The van der Waals surface area contributed by atoms with E-state index in [2.05, 4.69) is 37.9 Å². The van der Waals surface area contributed by atoms with Gasteiger partial charge in [-0.2, -0.15) is 0 Å². The zero-order chi connectivity index (χ0) is 14.7. The maximum atomic E-state index is 12.8. The number of carbonyl (C=O) groups excluding carboxylic acids is 1. The lowest BCUT2D eigenvalue weighted by atomic mass is 10.0. The molecule has 1 aliphatic heterocycles. The van der Waals surface area contributed by atoms with Crippen LogP contribution in [0.5, 0.6) is 0 Å². The minimum absolute atomic E-state index is 0.0554. The number of hydrogen-bond acceptors (Lipinski definition) is 2. The van der Waals surface area contributed by atoms with Crippen LogP contribution in [-0.2, 0) is 4.79 Å². The molecule has 1 N–H and O–H groups in total. The summed E-state index contributed by atoms with van der Waals surface area (Å²) in [4.78, 5) is 15.0. The smallest absolute Gasteiger partial charge is 0.241 e. The lowest BCUT2D eigenvalue weighted by Gasteiger charge is -2.32. The second-order valence-electron chi connectivity index (χ2n) is 7.14. The van der Waals surface area contributed by atoms with Crippen molar-refractivity contribution in [1.29, 1.82) is 0 Å². The van der Waals surface area contributed by atoms with Crippen LogP contribution in [0, 0.1) is 11.8 Å². The summed E-state index contributed by atoms with van der Waals surface area (Å²) in [6, 6.07) is 0.510. The van der Waals surface area contributed by atoms with Gasteiger partial charge in [0.05, 0.1) is 12.2 Å². The number of rotatable bonds is 8. The zero-order valence-electron chi connectivity index (χ0n) is 13.7. The number of hydrogen-bond donors (Lipinski definition) is 1. The molecule has 0 aromatic rings. The third-order valence-corrected chi connectivity index (χ3v) is 4.72. The fourth-order valence-corrected chi connectivity index (χ4v) is 3.50. The van der Waals surface area contributed by atoms with Crippen LogP contribution in [0.25, 0.3) is 0 Å². The molecule has 1 aliphatic carbocycles. The maximum Gasteiger partial charge on any atom is 0.241 e. The van der Waals surface area contributed by atoms with Crippen molar-refractivity contribution in [3.05, 3.63) is 0 Å². The summed E-state index contributed by atoms with van der Waals surface area (Å²) in [6.07, 6.45) is 8.53. The summed E-state index contributed by atoms with van der Waals surface area (Å²) in [5.74, 6) is 1.83. The Labute approximate surface area is 124 Å². The van der Waals surface area contributed by atoms with Crippen molar-refractivity contribution >= 4 is 5.91 Å². The molecule has 1 saturated heterocycles. The quantitative estimate of drug-likeness (QED) is 0.737. The molecular formula is C17H32N2O. The Bertz CT molecular complexity index is 325. The van der Waals surface area contributed by atoms with Crippen LogP contribution in [-0.4, -0.2) is 29.1 Å². The van der Waals surface area contributed by atoms with Gasteiger partial charge in [0.15, 0.2) is 0 Å². The average Bonchev–Trinajstić information content (AvgIpc) is 3.15. The minimum atomic E-state index is 0.0554. The van der Waals surface area contributed by atoms with Crippen LogP contribution in [0.2, 0.25) is 0 Å². The van der Waals surface area contributed by atoms with E-state index < -0.39 is 0 Å². The molecule has 0 aromatic heterocycles. The standard InChI is InChI=1S/C17H32N2O/c1-5-7-16-18-15(10-12(3)4)17(20)19(16)14(6-2)11-13-8-9-13/h12-16,18H,5-11H2,1-4H3. The zero-order valence-corrected chi connectivity index (χ0v) is 13.7. The maximum absolute atomic E-state index is 12.8. The molecule has 1 heterocycles. The second kappa shape index (κ2) is 6.93. The largest absolute Gasteiger partial charge is 0.323 e. The fourth-order valence-electron chi connectivity index (χ4n) is 3.50. The third kappa shape index (κ3) is 3.75. The fraction of sp³-hybridized carbons (Fsp3) is 0.941. The predicted octanol–water partition coefficient (Wildman–Crippen LogP) is 3.54. The van der Waals surface area contributed by atoms with Gasteiger partial charge in [0, 0.05) is 6.04 Å². The van der Waals surface area contributed by atoms with Gasteiger partial charge < -0.3 is 4.90 Å². The molecule has 3 heteroatoms. The molecule has 0 radical (unpaired) electrons. The Kier molecular flexibility index (Phi) is 5.48.